The van der Waals surface area contributed by atoms with E-state index in [2.05, 4.69) is 50.0 Å². The van der Waals surface area contributed by atoms with Crippen LogP contribution in [0.5, 0.6) is 0 Å². The molecule has 0 heterocycles. The Bertz CT molecular complexity index is 196. The van der Waals surface area contributed by atoms with Gasteiger partial charge in [-0.2, -0.15) is 0 Å². The molecular formula is C12H24N2. The summed E-state index contributed by atoms with van der Waals surface area (Å²) in [4.78, 5) is 2.23. The van der Waals surface area contributed by atoms with Gasteiger partial charge < -0.3 is 10.2 Å². The lowest BCUT2D eigenvalue weighted by atomic mass is 9.93. The zero-order valence-electron chi connectivity index (χ0n) is 10.3. The molecule has 0 atom stereocenters. The van der Waals surface area contributed by atoms with E-state index in [1.165, 1.54) is 0 Å². The van der Waals surface area contributed by atoms with E-state index in [9.17, 15) is 0 Å². The Morgan fingerprint density at radius 3 is 2.43 bits per heavy atom. The van der Waals surface area contributed by atoms with E-state index in [0.717, 1.165) is 26.1 Å². The summed E-state index contributed by atoms with van der Waals surface area (Å²) in [6.07, 6.45) is 0.953. The average molecular weight is 196 g/mol. The van der Waals surface area contributed by atoms with Crippen molar-refractivity contribution in [3.8, 4) is 11.8 Å². The standard InChI is InChI=1S/C12H24N2/c1-6-7-8-9-13-10-12(2,3)11-14(4)5/h13H,8-11H2,1-5H3. The van der Waals surface area contributed by atoms with Gasteiger partial charge in [-0.05, 0) is 26.4 Å². The Labute approximate surface area is 89.1 Å². The monoisotopic (exact) mass is 196 g/mol. The fourth-order valence-corrected chi connectivity index (χ4v) is 1.61. The molecule has 0 saturated carbocycles. The molecule has 0 radical (unpaired) electrons. The van der Waals surface area contributed by atoms with Crippen LogP contribution in [0.4, 0.5) is 0 Å². The molecule has 0 spiro atoms. The fourth-order valence-electron chi connectivity index (χ4n) is 1.61. The highest BCUT2D eigenvalue weighted by Gasteiger charge is 2.17. The van der Waals surface area contributed by atoms with Crippen LogP contribution in [-0.2, 0) is 0 Å². The van der Waals surface area contributed by atoms with Crippen LogP contribution in [0.15, 0.2) is 0 Å². The minimum Gasteiger partial charge on any atom is -0.315 e. The van der Waals surface area contributed by atoms with E-state index >= 15 is 0 Å². The van der Waals surface area contributed by atoms with Crippen molar-refractivity contribution in [2.75, 3.05) is 33.7 Å². The molecule has 0 unspecified atom stereocenters. The van der Waals surface area contributed by atoms with Gasteiger partial charge in [0.15, 0.2) is 0 Å². The molecule has 2 nitrogen and oxygen atoms in total. The minimum atomic E-state index is 0.336. The highest BCUT2D eigenvalue weighted by atomic mass is 15.1. The van der Waals surface area contributed by atoms with Crippen LogP contribution >= 0.6 is 0 Å². The summed E-state index contributed by atoms with van der Waals surface area (Å²) in [6.45, 7) is 9.61. The van der Waals surface area contributed by atoms with E-state index in [1.807, 2.05) is 6.92 Å². The Morgan fingerprint density at radius 1 is 1.29 bits per heavy atom. The van der Waals surface area contributed by atoms with Crippen molar-refractivity contribution in [1.82, 2.24) is 10.2 Å². The van der Waals surface area contributed by atoms with Gasteiger partial charge in [-0.15, -0.1) is 11.8 Å². The second kappa shape index (κ2) is 6.86. The molecule has 0 fully saturated rings. The topological polar surface area (TPSA) is 15.3 Å². The van der Waals surface area contributed by atoms with Crippen molar-refractivity contribution in [3.63, 3.8) is 0 Å². The Morgan fingerprint density at radius 2 is 1.93 bits per heavy atom. The Kier molecular flexibility index (Phi) is 6.61. The van der Waals surface area contributed by atoms with Crippen molar-refractivity contribution in [2.24, 2.45) is 5.41 Å². The molecular weight excluding hydrogens is 172 g/mol. The van der Waals surface area contributed by atoms with Crippen LogP contribution in [0.2, 0.25) is 0 Å². The van der Waals surface area contributed by atoms with Gasteiger partial charge in [0.05, 0.1) is 0 Å². The molecule has 0 bridgehead atoms. The summed E-state index contributed by atoms with van der Waals surface area (Å²) in [6, 6.07) is 0. The molecule has 0 aromatic carbocycles. The first kappa shape index (κ1) is 13.5. The summed E-state index contributed by atoms with van der Waals surface area (Å²) in [5.74, 6) is 5.95. The minimum absolute atomic E-state index is 0.336. The van der Waals surface area contributed by atoms with Crippen molar-refractivity contribution < 1.29 is 0 Å². The zero-order chi connectivity index (χ0) is 11.0. The normalized spacial score (nSPS) is 11.3. The van der Waals surface area contributed by atoms with Crippen LogP contribution in [0.25, 0.3) is 0 Å². The largest absolute Gasteiger partial charge is 0.315 e. The number of hydrogen-bond acceptors (Lipinski definition) is 2. The lowest BCUT2D eigenvalue weighted by Crippen LogP contribution is -2.37. The lowest BCUT2D eigenvalue weighted by Gasteiger charge is -2.28. The summed E-state index contributed by atoms with van der Waals surface area (Å²) >= 11 is 0. The van der Waals surface area contributed by atoms with Gasteiger partial charge in [-0.1, -0.05) is 13.8 Å². The van der Waals surface area contributed by atoms with Gasteiger partial charge >= 0.3 is 0 Å². The number of hydrogen-bond donors (Lipinski definition) is 1. The Balaban J connectivity index is 3.58. The highest BCUT2D eigenvalue weighted by Crippen LogP contribution is 2.13. The third-order valence-corrected chi connectivity index (χ3v) is 1.95. The highest BCUT2D eigenvalue weighted by molar-refractivity contribution is 4.95. The van der Waals surface area contributed by atoms with Crippen LogP contribution in [0.3, 0.4) is 0 Å². The first-order valence-electron chi connectivity index (χ1n) is 5.23. The quantitative estimate of drug-likeness (QED) is 0.512. The maximum Gasteiger partial charge on any atom is 0.0214 e. The number of nitrogens with one attached hydrogen (secondary N) is 1. The first-order chi connectivity index (χ1) is 6.48. The Hall–Kier alpha value is -0.520. The molecule has 0 aliphatic heterocycles. The van der Waals surface area contributed by atoms with Crippen molar-refractivity contribution in [1.29, 1.82) is 0 Å². The molecule has 82 valence electrons. The van der Waals surface area contributed by atoms with E-state index in [0.29, 0.717) is 5.41 Å². The second-order valence-electron chi connectivity index (χ2n) is 4.76. The summed E-state index contributed by atoms with van der Waals surface area (Å²) in [5.41, 5.74) is 0.336. The van der Waals surface area contributed by atoms with Crippen molar-refractivity contribution >= 4 is 0 Å². The van der Waals surface area contributed by atoms with Gasteiger partial charge in [0, 0.05) is 26.1 Å². The van der Waals surface area contributed by atoms with E-state index in [1.54, 1.807) is 0 Å². The van der Waals surface area contributed by atoms with Gasteiger partial charge in [-0.3, -0.25) is 0 Å². The van der Waals surface area contributed by atoms with Gasteiger partial charge in [0.1, 0.15) is 0 Å². The maximum absolute atomic E-state index is 3.44. The second-order valence-corrected chi connectivity index (χ2v) is 4.76. The van der Waals surface area contributed by atoms with Crippen molar-refractivity contribution in [3.05, 3.63) is 0 Å². The summed E-state index contributed by atoms with van der Waals surface area (Å²) in [7, 11) is 4.23. The van der Waals surface area contributed by atoms with Crippen LogP contribution in [0, 0.1) is 17.3 Å². The molecule has 0 amide bonds. The predicted octanol–water partition coefficient (Wildman–Crippen LogP) is 1.58. The molecule has 0 aliphatic carbocycles. The zero-order valence-corrected chi connectivity index (χ0v) is 10.3. The molecule has 0 aliphatic rings. The van der Waals surface area contributed by atoms with Crippen LogP contribution < -0.4 is 5.32 Å². The molecule has 2 heteroatoms. The molecule has 14 heavy (non-hydrogen) atoms. The molecule has 0 aromatic heterocycles. The maximum atomic E-state index is 3.44. The SMILES string of the molecule is CC#CCCNCC(C)(C)CN(C)C. The lowest BCUT2D eigenvalue weighted by molar-refractivity contribution is 0.233. The first-order valence-corrected chi connectivity index (χ1v) is 5.23. The van der Waals surface area contributed by atoms with Crippen molar-refractivity contribution in [2.45, 2.75) is 27.2 Å². The number of nitrogens with zero attached hydrogens (tertiary/aromatic N) is 1. The average Bonchev–Trinajstić information content (AvgIpc) is 2.01. The third-order valence-electron chi connectivity index (χ3n) is 1.95. The fraction of sp³-hybridized carbons (Fsp3) is 0.833. The van der Waals surface area contributed by atoms with Crippen LogP contribution in [-0.4, -0.2) is 38.6 Å². The summed E-state index contributed by atoms with van der Waals surface area (Å²) < 4.78 is 0. The van der Waals surface area contributed by atoms with E-state index in [-0.39, 0.29) is 0 Å². The van der Waals surface area contributed by atoms with Gasteiger partial charge in [0.25, 0.3) is 0 Å². The third kappa shape index (κ3) is 8.10. The predicted molar refractivity (Wildman–Crippen MR) is 63.3 cm³/mol. The van der Waals surface area contributed by atoms with Crippen LogP contribution in [0.1, 0.15) is 27.2 Å². The van der Waals surface area contributed by atoms with Gasteiger partial charge in [-0.25, -0.2) is 0 Å². The van der Waals surface area contributed by atoms with E-state index in [4.69, 9.17) is 0 Å². The summed E-state index contributed by atoms with van der Waals surface area (Å²) in [5, 5.41) is 3.44. The van der Waals surface area contributed by atoms with Gasteiger partial charge in [0.2, 0.25) is 0 Å². The molecule has 1 N–H and O–H groups in total. The molecule has 0 saturated heterocycles. The molecule has 0 aromatic rings. The van der Waals surface area contributed by atoms with E-state index < -0.39 is 0 Å². The smallest absolute Gasteiger partial charge is 0.0214 e. The molecule has 0 rings (SSSR count). The number of rotatable bonds is 6.